The highest BCUT2D eigenvalue weighted by atomic mass is 35.5. The predicted octanol–water partition coefficient (Wildman–Crippen LogP) is 3.76. The van der Waals surface area contributed by atoms with E-state index in [1.165, 1.54) is 17.8 Å². The van der Waals surface area contributed by atoms with Gasteiger partial charge >= 0.3 is 17.5 Å². The van der Waals surface area contributed by atoms with Gasteiger partial charge < -0.3 is 14.8 Å². The van der Waals surface area contributed by atoms with Crippen LogP contribution in [0.4, 0.5) is 11.5 Å². The number of rotatable bonds is 10. The van der Waals surface area contributed by atoms with E-state index < -0.39 is 16.4 Å². The quantitative estimate of drug-likeness (QED) is 0.236. The van der Waals surface area contributed by atoms with Crippen molar-refractivity contribution in [2.45, 2.75) is 52.6 Å². The lowest BCUT2D eigenvalue weighted by Crippen LogP contribution is -2.39. The number of ether oxygens (including phenoxy) is 2. The summed E-state index contributed by atoms with van der Waals surface area (Å²) in [7, 11) is 0. The van der Waals surface area contributed by atoms with E-state index in [1.54, 1.807) is 20.8 Å². The number of nitrogens with one attached hydrogen (secondary N) is 1. The summed E-state index contributed by atoms with van der Waals surface area (Å²) in [5.74, 6) is -0.355. The number of carbonyl (C=O) groups is 1. The highest BCUT2D eigenvalue weighted by molar-refractivity contribution is 6.33. The summed E-state index contributed by atoms with van der Waals surface area (Å²) in [5.41, 5.74) is -1.36. The van der Waals surface area contributed by atoms with Crippen molar-refractivity contribution >= 4 is 40.7 Å². The summed E-state index contributed by atoms with van der Waals surface area (Å²) in [4.78, 5) is 31.1. The molecule has 11 nitrogen and oxygen atoms in total. The molecule has 0 aliphatic rings. The van der Waals surface area contributed by atoms with Crippen LogP contribution in [0.15, 0.2) is 6.20 Å². The standard InChI is InChI=1S/C18H24Cl2N6O5/c1-6-30-16(27)18(4,5)25-11(3)13(26(28)29)15(24-25)31-8-7-10(2)22-14-12(19)9-21-17(20)23-14/h9-10H,6-8H2,1-5H3,(H,21,22,23). The zero-order chi connectivity index (χ0) is 23.3. The van der Waals surface area contributed by atoms with Gasteiger partial charge in [0, 0.05) is 12.5 Å². The molecule has 0 spiro atoms. The van der Waals surface area contributed by atoms with E-state index in [0.717, 1.165) is 0 Å². The number of halogens is 2. The normalized spacial score (nSPS) is 12.4. The zero-order valence-corrected chi connectivity index (χ0v) is 19.3. The highest BCUT2D eigenvalue weighted by Gasteiger charge is 2.39. The first kappa shape index (κ1) is 24.6. The van der Waals surface area contributed by atoms with Gasteiger partial charge in [0.2, 0.25) is 5.28 Å². The molecule has 31 heavy (non-hydrogen) atoms. The van der Waals surface area contributed by atoms with Gasteiger partial charge in [0.15, 0.2) is 5.54 Å². The molecule has 0 amide bonds. The summed E-state index contributed by atoms with van der Waals surface area (Å²) in [6, 6.07) is -0.151. The van der Waals surface area contributed by atoms with E-state index in [9.17, 15) is 14.9 Å². The summed E-state index contributed by atoms with van der Waals surface area (Å²) in [6.45, 7) is 8.48. The van der Waals surface area contributed by atoms with Crippen molar-refractivity contribution in [3.8, 4) is 5.88 Å². The minimum Gasteiger partial charge on any atom is -0.472 e. The number of esters is 1. The first-order chi connectivity index (χ1) is 14.5. The molecule has 0 aliphatic carbocycles. The first-order valence-corrected chi connectivity index (χ1v) is 10.2. The van der Waals surface area contributed by atoms with E-state index >= 15 is 0 Å². The van der Waals surface area contributed by atoms with Gasteiger partial charge in [-0.05, 0) is 46.2 Å². The molecule has 0 saturated carbocycles. The Kier molecular flexibility index (Phi) is 8.02. The topological polar surface area (TPSA) is 134 Å². The van der Waals surface area contributed by atoms with Gasteiger partial charge in [-0.25, -0.2) is 14.5 Å². The molecule has 2 aromatic rings. The molecule has 1 N–H and O–H groups in total. The van der Waals surface area contributed by atoms with Crippen LogP contribution in [0.1, 0.15) is 39.8 Å². The minimum atomic E-state index is -1.25. The van der Waals surface area contributed by atoms with Crippen molar-refractivity contribution in [2.75, 3.05) is 18.5 Å². The summed E-state index contributed by atoms with van der Waals surface area (Å²) in [6.07, 6.45) is 1.83. The number of anilines is 1. The lowest BCUT2D eigenvalue weighted by molar-refractivity contribution is -0.386. The molecule has 0 aliphatic heterocycles. The molecule has 0 radical (unpaired) electrons. The van der Waals surface area contributed by atoms with Crippen molar-refractivity contribution in [1.29, 1.82) is 0 Å². The van der Waals surface area contributed by atoms with Crippen molar-refractivity contribution in [2.24, 2.45) is 0 Å². The van der Waals surface area contributed by atoms with E-state index in [1.807, 2.05) is 6.92 Å². The van der Waals surface area contributed by atoms with Crippen molar-refractivity contribution in [1.82, 2.24) is 19.7 Å². The molecule has 0 aromatic carbocycles. The predicted molar refractivity (Wildman–Crippen MR) is 115 cm³/mol. The van der Waals surface area contributed by atoms with Crippen LogP contribution < -0.4 is 10.1 Å². The van der Waals surface area contributed by atoms with E-state index in [-0.39, 0.29) is 41.8 Å². The van der Waals surface area contributed by atoms with E-state index in [0.29, 0.717) is 17.3 Å². The SMILES string of the molecule is CCOC(=O)C(C)(C)n1nc(OCCC(C)Nc2nc(Cl)ncc2Cl)c([N+](=O)[O-])c1C. The Hall–Kier alpha value is -2.66. The molecule has 2 rings (SSSR count). The van der Waals surface area contributed by atoms with Crippen LogP contribution in [0.5, 0.6) is 5.88 Å². The second kappa shape index (κ2) is 10.1. The lowest BCUT2D eigenvalue weighted by atomic mass is 10.1. The van der Waals surface area contributed by atoms with E-state index in [2.05, 4.69) is 20.4 Å². The van der Waals surface area contributed by atoms with Gasteiger partial charge in [0.1, 0.15) is 16.5 Å². The fraction of sp³-hybridized carbons (Fsp3) is 0.556. The van der Waals surface area contributed by atoms with Gasteiger partial charge in [-0.3, -0.25) is 10.1 Å². The summed E-state index contributed by atoms with van der Waals surface area (Å²) >= 11 is 11.8. The molecule has 0 bridgehead atoms. The number of hydrogen-bond acceptors (Lipinski definition) is 9. The second-order valence-corrected chi connectivity index (χ2v) is 7.95. The smallest absolute Gasteiger partial charge is 0.353 e. The fourth-order valence-corrected chi connectivity index (χ4v) is 3.08. The summed E-state index contributed by atoms with van der Waals surface area (Å²) < 4.78 is 11.9. The monoisotopic (exact) mass is 474 g/mol. The second-order valence-electron chi connectivity index (χ2n) is 7.21. The molecular formula is C18H24Cl2N6O5. The Balaban J connectivity index is 2.13. The van der Waals surface area contributed by atoms with Crippen LogP contribution in [0.3, 0.4) is 0 Å². The van der Waals surface area contributed by atoms with Crippen molar-refractivity contribution < 1.29 is 19.2 Å². The van der Waals surface area contributed by atoms with Gasteiger partial charge in [-0.2, -0.15) is 4.98 Å². The third-order valence-corrected chi connectivity index (χ3v) is 4.89. The maximum atomic E-state index is 12.3. The molecule has 13 heteroatoms. The third-order valence-electron chi connectivity index (χ3n) is 4.43. The molecule has 170 valence electrons. The maximum Gasteiger partial charge on any atom is 0.353 e. The van der Waals surface area contributed by atoms with Crippen molar-refractivity contribution in [3.63, 3.8) is 0 Å². The Morgan fingerprint density at radius 1 is 1.42 bits per heavy atom. The number of carbonyl (C=O) groups excluding carboxylic acids is 1. The molecular weight excluding hydrogens is 451 g/mol. The number of nitrogens with zero attached hydrogens (tertiary/aromatic N) is 5. The molecule has 1 atom stereocenters. The Morgan fingerprint density at radius 2 is 2.10 bits per heavy atom. The van der Waals surface area contributed by atoms with Gasteiger partial charge in [0.05, 0.1) is 24.3 Å². The van der Waals surface area contributed by atoms with E-state index in [4.69, 9.17) is 32.7 Å². The van der Waals surface area contributed by atoms with Gasteiger partial charge in [-0.1, -0.05) is 11.6 Å². The van der Waals surface area contributed by atoms with Crippen molar-refractivity contribution in [3.05, 3.63) is 32.3 Å². The molecule has 2 aromatic heterocycles. The zero-order valence-electron chi connectivity index (χ0n) is 17.8. The largest absolute Gasteiger partial charge is 0.472 e. The molecule has 0 saturated heterocycles. The van der Waals surface area contributed by atoms with Crippen LogP contribution in [0, 0.1) is 17.0 Å². The number of hydrogen-bond donors (Lipinski definition) is 1. The third kappa shape index (κ3) is 5.73. The fourth-order valence-electron chi connectivity index (χ4n) is 2.80. The average Bonchev–Trinajstić information content (AvgIpc) is 3.02. The van der Waals surface area contributed by atoms with Crippen LogP contribution in [0.25, 0.3) is 0 Å². The molecule has 1 unspecified atom stereocenters. The summed E-state index contributed by atoms with van der Waals surface area (Å²) in [5, 5.41) is 19.2. The van der Waals surface area contributed by atoms with Crippen LogP contribution in [0.2, 0.25) is 10.3 Å². The van der Waals surface area contributed by atoms with Crippen LogP contribution in [-0.2, 0) is 15.1 Å². The van der Waals surface area contributed by atoms with Crippen LogP contribution >= 0.6 is 23.2 Å². The molecule has 0 fully saturated rings. The Bertz CT molecular complexity index is 965. The minimum absolute atomic E-state index is 0.0520. The molecule has 2 heterocycles. The average molecular weight is 475 g/mol. The number of aromatic nitrogens is 4. The lowest BCUT2D eigenvalue weighted by Gasteiger charge is -2.23. The number of nitro groups is 1. The van der Waals surface area contributed by atoms with Gasteiger partial charge in [0.25, 0.3) is 0 Å². The van der Waals surface area contributed by atoms with Gasteiger partial charge in [-0.15, -0.1) is 5.10 Å². The highest BCUT2D eigenvalue weighted by Crippen LogP contribution is 2.34. The first-order valence-electron chi connectivity index (χ1n) is 9.48. The Morgan fingerprint density at radius 3 is 2.71 bits per heavy atom. The maximum absolute atomic E-state index is 12.3. The van der Waals surface area contributed by atoms with Crippen LogP contribution in [-0.4, -0.2) is 49.9 Å². The Labute approximate surface area is 189 Å².